The SMILES string of the molecule is CN(C)c1nnc(NCCc2cc(N(C)c3nc(N(C)CCc4cc(Nc5nnc(NCCc6ccco6)n5C)co4)n[nH]3)co2)n1C. The fourth-order valence-electron chi connectivity index (χ4n) is 4.95. The molecule has 6 heterocycles. The van der Waals surface area contributed by atoms with E-state index in [2.05, 4.69) is 51.5 Å². The second-order valence-corrected chi connectivity index (χ2v) is 11.5. The predicted octanol–water partition coefficient (Wildman–Crippen LogP) is 3.41. The van der Waals surface area contributed by atoms with E-state index in [1.54, 1.807) is 18.8 Å². The summed E-state index contributed by atoms with van der Waals surface area (Å²) >= 11 is 0. The standard InChI is InChI=1S/C30H41N15O3/c1-41(2)30-40-36-26(45(30)6)32-13-10-23-17-21(19-48-23)43(4)29-34-27(37-39-29)42(3)14-11-24-16-20(18-47-24)33-28-38-35-25(44(28)5)31-12-9-22-8-7-15-46-22/h7-8,15-19H,9-14H2,1-6H3,(H,31,35)(H,32,36)(H,33,38)(H,34,37,39). The molecule has 18 nitrogen and oxygen atoms in total. The molecule has 0 bridgehead atoms. The lowest BCUT2D eigenvalue weighted by Crippen LogP contribution is -2.21. The van der Waals surface area contributed by atoms with Crippen molar-refractivity contribution in [2.75, 3.05) is 78.5 Å². The van der Waals surface area contributed by atoms with E-state index in [0.717, 1.165) is 41.0 Å². The zero-order valence-electron chi connectivity index (χ0n) is 27.9. The summed E-state index contributed by atoms with van der Waals surface area (Å²) in [5, 5.41) is 34.1. The fraction of sp³-hybridized carbons (Fsp3) is 0.400. The summed E-state index contributed by atoms with van der Waals surface area (Å²) in [6.45, 7) is 1.97. The maximum Gasteiger partial charge on any atom is 0.246 e. The third-order valence-corrected chi connectivity index (χ3v) is 7.77. The van der Waals surface area contributed by atoms with Gasteiger partial charge in [-0.2, -0.15) is 4.98 Å². The van der Waals surface area contributed by atoms with Crippen molar-refractivity contribution in [1.82, 2.24) is 44.7 Å². The Labute approximate surface area is 277 Å². The molecule has 0 saturated carbocycles. The highest BCUT2D eigenvalue weighted by Gasteiger charge is 2.17. The van der Waals surface area contributed by atoms with Gasteiger partial charge in [-0.15, -0.1) is 25.5 Å². The van der Waals surface area contributed by atoms with Crippen LogP contribution in [0.5, 0.6) is 0 Å². The monoisotopic (exact) mass is 659 g/mol. The van der Waals surface area contributed by atoms with Crippen LogP contribution in [0.1, 0.15) is 17.3 Å². The van der Waals surface area contributed by atoms with E-state index in [9.17, 15) is 0 Å². The number of furan rings is 3. The number of nitrogens with one attached hydrogen (secondary N) is 4. The summed E-state index contributed by atoms with van der Waals surface area (Å²) in [6.07, 6.45) is 7.12. The highest BCUT2D eigenvalue weighted by Crippen LogP contribution is 2.25. The molecule has 254 valence electrons. The van der Waals surface area contributed by atoms with Gasteiger partial charge in [0.15, 0.2) is 0 Å². The van der Waals surface area contributed by atoms with Crippen LogP contribution in [0, 0.1) is 0 Å². The molecule has 6 aromatic heterocycles. The Bertz CT molecular complexity index is 1880. The van der Waals surface area contributed by atoms with E-state index in [1.807, 2.05) is 90.4 Å². The van der Waals surface area contributed by atoms with Crippen LogP contribution < -0.4 is 30.7 Å². The van der Waals surface area contributed by atoms with Crippen LogP contribution >= 0.6 is 0 Å². The van der Waals surface area contributed by atoms with E-state index in [-0.39, 0.29) is 0 Å². The van der Waals surface area contributed by atoms with Gasteiger partial charge in [0, 0.05) is 93.3 Å². The Morgan fingerprint density at radius 3 is 2.25 bits per heavy atom. The summed E-state index contributed by atoms with van der Waals surface area (Å²) in [5.74, 6) is 6.46. The second kappa shape index (κ2) is 14.2. The van der Waals surface area contributed by atoms with Crippen LogP contribution in [0.15, 0.2) is 56.3 Å². The molecule has 6 rings (SSSR count). The van der Waals surface area contributed by atoms with Gasteiger partial charge in [-0.05, 0) is 12.1 Å². The normalized spacial score (nSPS) is 11.2. The lowest BCUT2D eigenvalue weighted by molar-refractivity contribution is 0.509. The molecule has 0 spiro atoms. The fourth-order valence-corrected chi connectivity index (χ4v) is 4.95. The maximum absolute atomic E-state index is 5.80. The van der Waals surface area contributed by atoms with Crippen LogP contribution in [0.3, 0.4) is 0 Å². The summed E-state index contributed by atoms with van der Waals surface area (Å²) in [5.41, 5.74) is 1.65. The van der Waals surface area contributed by atoms with Crippen molar-refractivity contribution in [1.29, 1.82) is 0 Å². The van der Waals surface area contributed by atoms with Crippen LogP contribution in [0.4, 0.5) is 47.1 Å². The topological polar surface area (TPSA) is 188 Å². The number of rotatable bonds is 17. The molecule has 0 aliphatic carbocycles. The molecule has 4 N–H and O–H groups in total. The summed E-state index contributed by atoms with van der Waals surface area (Å²) < 4.78 is 20.7. The van der Waals surface area contributed by atoms with Gasteiger partial charge in [0.1, 0.15) is 29.8 Å². The molecular formula is C30H41N15O3. The average Bonchev–Trinajstić information content (AvgIpc) is 3.92. The molecule has 0 unspecified atom stereocenters. The molecule has 0 saturated heterocycles. The van der Waals surface area contributed by atoms with Gasteiger partial charge < -0.3 is 43.9 Å². The molecule has 0 fully saturated rings. The Kier molecular flexibility index (Phi) is 9.49. The molecule has 0 aliphatic heterocycles. The minimum absolute atomic E-state index is 0.571. The summed E-state index contributed by atoms with van der Waals surface area (Å²) in [7, 11) is 11.5. The zero-order chi connectivity index (χ0) is 33.6. The molecule has 18 heteroatoms. The van der Waals surface area contributed by atoms with Gasteiger partial charge in [-0.25, -0.2) is 5.10 Å². The second-order valence-electron chi connectivity index (χ2n) is 11.5. The maximum atomic E-state index is 5.80. The van der Waals surface area contributed by atoms with Crippen LogP contribution in [-0.4, -0.2) is 92.5 Å². The van der Waals surface area contributed by atoms with Crippen molar-refractivity contribution in [3.8, 4) is 0 Å². The van der Waals surface area contributed by atoms with E-state index in [0.29, 0.717) is 62.2 Å². The molecule has 0 aromatic carbocycles. The van der Waals surface area contributed by atoms with Crippen molar-refractivity contribution in [3.05, 3.63) is 60.3 Å². The number of H-pyrrole nitrogens is 1. The molecule has 0 atom stereocenters. The van der Waals surface area contributed by atoms with Gasteiger partial charge in [0.25, 0.3) is 0 Å². The number of likely N-dealkylation sites (N-methyl/N-ethyl adjacent to an activating group) is 1. The van der Waals surface area contributed by atoms with Crippen molar-refractivity contribution in [3.63, 3.8) is 0 Å². The zero-order valence-corrected chi connectivity index (χ0v) is 27.9. The molecule has 0 radical (unpaired) electrons. The first-order chi connectivity index (χ1) is 23.2. The number of aromatic nitrogens is 9. The number of nitrogens with zero attached hydrogens (tertiary/aromatic N) is 11. The Hall–Kier alpha value is -5.94. The third-order valence-electron chi connectivity index (χ3n) is 7.77. The predicted molar refractivity (Wildman–Crippen MR) is 182 cm³/mol. The van der Waals surface area contributed by atoms with Crippen molar-refractivity contribution in [2.45, 2.75) is 19.3 Å². The largest absolute Gasteiger partial charge is 0.469 e. The minimum atomic E-state index is 0.571. The van der Waals surface area contributed by atoms with Crippen molar-refractivity contribution < 1.29 is 13.3 Å². The van der Waals surface area contributed by atoms with Crippen molar-refractivity contribution in [2.24, 2.45) is 14.1 Å². The quantitative estimate of drug-likeness (QED) is 0.111. The van der Waals surface area contributed by atoms with E-state index < -0.39 is 0 Å². The minimum Gasteiger partial charge on any atom is -0.469 e. The number of hydrogen-bond acceptors (Lipinski definition) is 15. The van der Waals surface area contributed by atoms with Crippen molar-refractivity contribution >= 4 is 47.1 Å². The lowest BCUT2D eigenvalue weighted by Gasteiger charge is -2.14. The van der Waals surface area contributed by atoms with Gasteiger partial charge in [0.05, 0.1) is 17.6 Å². The highest BCUT2D eigenvalue weighted by atomic mass is 16.3. The first-order valence-electron chi connectivity index (χ1n) is 15.5. The molecule has 0 aliphatic rings. The number of anilines is 8. The molecule has 0 amide bonds. The van der Waals surface area contributed by atoms with Crippen LogP contribution in [-0.2, 0) is 33.4 Å². The van der Waals surface area contributed by atoms with Crippen LogP contribution in [0.2, 0.25) is 0 Å². The number of aromatic amines is 1. The third kappa shape index (κ3) is 7.37. The average molecular weight is 660 g/mol. The van der Waals surface area contributed by atoms with E-state index in [1.165, 1.54) is 0 Å². The van der Waals surface area contributed by atoms with E-state index in [4.69, 9.17) is 13.3 Å². The lowest BCUT2D eigenvalue weighted by atomic mass is 10.3. The highest BCUT2D eigenvalue weighted by molar-refractivity contribution is 5.57. The Morgan fingerprint density at radius 1 is 0.792 bits per heavy atom. The van der Waals surface area contributed by atoms with Gasteiger partial charge in [-0.1, -0.05) is 0 Å². The first kappa shape index (κ1) is 32.0. The van der Waals surface area contributed by atoms with E-state index >= 15 is 0 Å². The first-order valence-corrected chi connectivity index (χ1v) is 15.5. The van der Waals surface area contributed by atoms with Gasteiger partial charge in [-0.3, -0.25) is 9.13 Å². The molecular weight excluding hydrogens is 618 g/mol. The summed E-state index contributed by atoms with van der Waals surface area (Å²) in [4.78, 5) is 10.5. The molecule has 48 heavy (non-hydrogen) atoms. The smallest absolute Gasteiger partial charge is 0.246 e. The Morgan fingerprint density at radius 2 is 1.50 bits per heavy atom. The van der Waals surface area contributed by atoms with Crippen LogP contribution in [0.25, 0.3) is 0 Å². The molecule has 6 aromatic rings. The van der Waals surface area contributed by atoms with Gasteiger partial charge >= 0.3 is 0 Å². The summed E-state index contributed by atoms with van der Waals surface area (Å²) in [6, 6.07) is 7.76. The Balaban J connectivity index is 0.953. The van der Waals surface area contributed by atoms with Gasteiger partial charge in [0.2, 0.25) is 35.7 Å². The number of hydrogen-bond donors (Lipinski definition) is 4.